The summed E-state index contributed by atoms with van der Waals surface area (Å²) in [6, 6.07) is 0. The zero-order valence-electron chi connectivity index (χ0n) is 14.7. The number of phosphoric acid groups is 1. The molecule has 1 aliphatic heterocycles. The summed E-state index contributed by atoms with van der Waals surface area (Å²) in [7, 11) is -15.5. The lowest BCUT2D eigenvalue weighted by atomic mass is 10.2. The fourth-order valence-corrected chi connectivity index (χ4v) is 7.00. The molecule has 15 nitrogen and oxygen atoms in total. The highest BCUT2D eigenvalue weighted by molar-refractivity contribution is 7.74. The van der Waals surface area contributed by atoms with E-state index in [9.17, 15) is 38.2 Å². The summed E-state index contributed by atoms with van der Waals surface area (Å²) in [5, 5.41) is 10.0. The zero-order valence-corrected chi connectivity index (χ0v) is 17.4. The van der Waals surface area contributed by atoms with Crippen LogP contribution in [0.4, 0.5) is 0 Å². The van der Waals surface area contributed by atoms with Gasteiger partial charge in [0.2, 0.25) is 0 Å². The van der Waals surface area contributed by atoms with E-state index < -0.39 is 65.2 Å². The summed E-state index contributed by atoms with van der Waals surface area (Å²) >= 11 is 0. The molecule has 1 saturated heterocycles. The van der Waals surface area contributed by atoms with Crippen LogP contribution in [-0.2, 0) is 27.3 Å². The van der Waals surface area contributed by atoms with Gasteiger partial charge in [-0.15, -0.1) is 0 Å². The van der Waals surface area contributed by atoms with Crippen molar-refractivity contribution in [2.24, 2.45) is 0 Å². The third-order valence-corrected chi connectivity index (χ3v) is 8.98. The van der Waals surface area contributed by atoms with Crippen molar-refractivity contribution in [2.75, 3.05) is 12.5 Å². The second-order valence-electron chi connectivity index (χ2n) is 6.20. The van der Waals surface area contributed by atoms with Crippen LogP contribution in [0.5, 0.6) is 0 Å². The fourth-order valence-electron chi connectivity index (χ4n) is 2.48. The molecule has 166 valence electrons. The molecule has 2 rings (SSSR count). The van der Waals surface area contributed by atoms with E-state index in [1.165, 1.54) is 13.1 Å². The summed E-state index contributed by atoms with van der Waals surface area (Å²) in [6.45, 7) is 0.689. The van der Waals surface area contributed by atoms with Crippen LogP contribution in [0.2, 0.25) is 0 Å². The third kappa shape index (κ3) is 7.06. The summed E-state index contributed by atoms with van der Waals surface area (Å²) in [5.41, 5.74) is -1.20. The van der Waals surface area contributed by atoms with Crippen LogP contribution >= 0.6 is 23.0 Å². The topological polar surface area (TPSA) is 235 Å². The number of nitrogens with one attached hydrogen (secondary N) is 1. The van der Waals surface area contributed by atoms with Gasteiger partial charge in [0.1, 0.15) is 12.3 Å². The number of aliphatic hydroxyl groups excluding tert-OH is 1. The lowest BCUT2D eigenvalue weighted by Gasteiger charge is -2.20. The van der Waals surface area contributed by atoms with Crippen molar-refractivity contribution in [2.45, 2.75) is 31.8 Å². The van der Waals surface area contributed by atoms with Crippen molar-refractivity contribution in [1.29, 1.82) is 0 Å². The van der Waals surface area contributed by atoms with E-state index in [0.717, 1.165) is 4.57 Å². The molecule has 18 heteroatoms. The Morgan fingerprint density at radius 2 is 1.83 bits per heavy atom. The van der Waals surface area contributed by atoms with Crippen LogP contribution in [0.25, 0.3) is 0 Å². The van der Waals surface area contributed by atoms with Crippen LogP contribution < -0.4 is 11.2 Å². The molecule has 0 radical (unpaired) electrons. The molecule has 1 aliphatic rings. The Balaban J connectivity index is 2.03. The molecule has 29 heavy (non-hydrogen) atoms. The van der Waals surface area contributed by atoms with Gasteiger partial charge in [-0.25, -0.2) is 13.7 Å². The van der Waals surface area contributed by atoms with Gasteiger partial charge in [-0.1, -0.05) is 0 Å². The highest BCUT2D eigenvalue weighted by Crippen LogP contribution is 2.64. The van der Waals surface area contributed by atoms with E-state index in [1.807, 2.05) is 0 Å². The van der Waals surface area contributed by atoms with Gasteiger partial charge in [0.15, 0.2) is 5.90 Å². The highest BCUT2D eigenvalue weighted by Gasteiger charge is 2.41. The Kier molecular flexibility index (Phi) is 7.26. The quantitative estimate of drug-likeness (QED) is 0.244. The number of rotatable bonds is 8. The lowest BCUT2D eigenvalue weighted by Crippen LogP contribution is -2.33. The molecular formula is C11H19N2O13P3. The number of hydrogen-bond donors (Lipinski definition) is 6. The normalized spacial score (nSPS) is 26.8. The summed E-state index contributed by atoms with van der Waals surface area (Å²) in [4.78, 5) is 61.3. The van der Waals surface area contributed by atoms with E-state index >= 15 is 0 Å². The molecule has 1 aromatic heterocycles. The lowest BCUT2D eigenvalue weighted by molar-refractivity contribution is -0.0423. The minimum Gasteiger partial charge on any atom is -0.390 e. The maximum Gasteiger partial charge on any atom is 0.476 e. The molecule has 5 atom stereocenters. The van der Waals surface area contributed by atoms with Crippen LogP contribution in [0.1, 0.15) is 18.2 Å². The largest absolute Gasteiger partial charge is 0.476 e. The molecule has 2 unspecified atom stereocenters. The van der Waals surface area contributed by atoms with E-state index in [-0.39, 0.29) is 12.0 Å². The first-order valence-electron chi connectivity index (χ1n) is 7.79. The van der Waals surface area contributed by atoms with Crippen LogP contribution in [-0.4, -0.2) is 58.9 Å². The number of aromatic nitrogens is 2. The molecule has 2 heterocycles. The maximum absolute atomic E-state index is 11.9. The van der Waals surface area contributed by atoms with Crippen molar-refractivity contribution >= 4 is 23.0 Å². The minimum atomic E-state index is -5.40. The van der Waals surface area contributed by atoms with Gasteiger partial charge in [-0.2, -0.15) is 0 Å². The van der Waals surface area contributed by atoms with Crippen molar-refractivity contribution in [3.8, 4) is 0 Å². The standard InChI is InChI=1S/C11H19N2O13P3/c1-6-3-13(11(16)12-10(6)15)9-2-7(14)8(25-9)4-24-27(17,18)5-28(19,20)26-29(21,22)23/h3,7-9,14H,2,4-5H2,1H3,(H,17,18)(H,19,20)(H,12,15,16)(H2,21,22,23)/t7-,8+,9+/m0/s1. The van der Waals surface area contributed by atoms with Gasteiger partial charge in [0, 0.05) is 18.2 Å². The van der Waals surface area contributed by atoms with Gasteiger partial charge in [0.25, 0.3) is 5.56 Å². The van der Waals surface area contributed by atoms with Crippen molar-refractivity contribution < 1.29 is 51.9 Å². The number of ether oxygens (including phenoxy) is 1. The third-order valence-electron chi connectivity index (χ3n) is 3.69. The highest BCUT2D eigenvalue weighted by atomic mass is 31.3. The molecule has 0 amide bonds. The number of aliphatic hydroxyl groups is 1. The molecule has 0 spiro atoms. The summed E-state index contributed by atoms with van der Waals surface area (Å²) < 4.78 is 48.6. The minimum absolute atomic E-state index is 0.130. The average molecular weight is 480 g/mol. The van der Waals surface area contributed by atoms with Crippen molar-refractivity contribution in [3.05, 3.63) is 32.6 Å². The Bertz CT molecular complexity index is 1010. The Hall–Kier alpha value is -0.950. The summed E-state index contributed by atoms with van der Waals surface area (Å²) in [5.74, 6) is -1.62. The Labute approximate surface area is 162 Å². The SMILES string of the molecule is Cc1cn([C@H]2C[C@H](O)[C@@H](COP(=O)(O)CP(=O)(O)OP(=O)(O)O)O2)c(=O)[nH]c1=O. The first kappa shape index (κ1) is 24.3. The molecular weight excluding hydrogens is 461 g/mol. The van der Waals surface area contributed by atoms with Crippen LogP contribution in [0.3, 0.4) is 0 Å². The first-order valence-corrected chi connectivity index (χ1v) is 12.8. The Morgan fingerprint density at radius 3 is 2.41 bits per heavy atom. The van der Waals surface area contributed by atoms with E-state index in [2.05, 4.69) is 13.8 Å². The predicted octanol–water partition coefficient (Wildman–Crippen LogP) is -1.05. The van der Waals surface area contributed by atoms with Crippen molar-refractivity contribution in [1.82, 2.24) is 9.55 Å². The predicted molar refractivity (Wildman–Crippen MR) is 94.2 cm³/mol. The molecule has 6 N–H and O–H groups in total. The van der Waals surface area contributed by atoms with Gasteiger partial charge < -0.3 is 33.9 Å². The molecule has 0 aromatic carbocycles. The number of aromatic amines is 1. The fraction of sp³-hybridized carbons (Fsp3) is 0.636. The van der Waals surface area contributed by atoms with E-state index in [4.69, 9.17) is 14.5 Å². The van der Waals surface area contributed by atoms with E-state index in [0.29, 0.717) is 0 Å². The number of hydrogen-bond acceptors (Lipinski definition) is 9. The van der Waals surface area contributed by atoms with Crippen LogP contribution in [0, 0.1) is 6.92 Å². The van der Waals surface area contributed by atoms with E-state index in [1.54, 1.807) is 0 Å². The Morgan fingerprint density at radius 1 is 1.21 bits per heavy atom. The first-order chi connectivity index (χ1) is 13.1. The van der Waals surface area contributed by atoms with Gasteiger partial charge >= 0.3 is 28.7 Å². The molecule has 0 saturated carbocycles. The van der Waals surface area contributed by atoms with Crippen molar-refractivity contribution in [3.63, 3.8) is 0 Å². The second kappa shape index (κ2) is 8.66. The van der Waals surface area contributed by atoms with Gasteiger partial charge in [-0.05, 0) is 6.92 Å². The molecule has 0 bridgehead atoms. The number of H-pyrrole nitrogens is 1. The molecule has 1 fully saturated rings. The molecule has 0 aliphatic carbocycles. The number of aryl methyl sites for hydroxylation is 1. The zero-order chi connectivity index (χ0) is 22.2. The second-order valence-corrected chi connectivity index (χ2v) is 11.8. The van der Waals surface area contributed by atoms with Crippen LogP contribution in [0.15, 0.2) is 15.8 Å². The average Bonchev–Trinajstić information content (AvgIpc) is 2.86. The molecule has 1 aromatic rings. The smallest absolute Gasteiger partial charge is 0.390 e. The maximum atomic E-state index is 11.9. The monoisotopic (exact) mass is 480 g/mol. The van der Waals surface area contributed by atoms with Gasteiger partial charge in [-0.3, -0.25) is 23.5 Å². The summed E-state index contributed by atoms with van der Waals surface area (Å²) in [6.07, 6.45) is -2.43. The van der Waals surface area contributed by atoms with Gasteiger partial charge in [0.05, 0.1) is 12.7 Å². The number of nitrogens with zero attached hydrogens (tertiary/aromatic N) is 1.